The van der Waals surface area contributed by atoms with Crippen molar-refractivity contribution in [2.75, 3.05) is 5.75 Å². The van der Waals surface area contributed by atoms with Crippen LogP contribution in [0.2, 0.25) is 0 Å². The van der Waals surface area contributed by atoms with Crippen molar-refractivity contribution in [1.82, 2.24) is 10.3 Å². The Morgan fingerprint density at radius 2 is 2.00 bits per heavy atom. The first-order valence-corrected chi connectivity index (χ1v) is 11.5. The molecule has 2 heterocycles. The number of carbonyl (C=O) groups excluding carboxylic acids is 2. The highest BCUT2D eigenvalue weighted by Crippen LogP contribution is 2.39. The number of benzene rings is 2. The summed E-state index contributed by atoms with van der Waals surface area (Å²) in [5, 5.41) is 3.88. The molecule has 1 aliphatic heterocycles. The zero-order valence-corrected chi connectivity index (χ0v) is 19.2. The van der Waals surface area contributed by atoms with Gasteiger partial charge in [-0.3, -0.25) is 9.59 Å². The summed E-state index contributed by atoms with van der Waals surface area (Å²) in [6.07, 6.45) is 1.45. The quantitative estimate of drug-likeness (QED) is 0.388. The summed E-state index contributed by atoms with van der Waals surface area (Å²) >= 11 is 4.96. The lowest BCUT2D eigenvalue weighted by Crippen LogP contribution is -2.27. The van der Waals surface area contributed by atoms with Gasteiger partial charge in [-0.05, 0) is 46.1 Å². The van der Waals surface area contributed by atoms with Gasteiger partial charge >= 0.3 is 0 Å². The van der Waals surface area contributed by atoms with Crippen LogP contribution < -0.4 is 5.43 Å². The third-order valence-electron chi connectivity index (χ3n) is 4.86. The summed E-state index contributed by atoms with van der Waals surface area (Å²) < 4.78 is 6.30. The molecule has 158 valence electrons. The number of aryl methyl sites for hydroxylation is 1. The minimum Gasteiger partial charge on any atom is -0.459 e. The first-order valence-electron chi connectivity index (χ1n) is 9.65. The molecular formula is C23H20BrN3O3S. The van der Waals surface area contributed by atoms with Gasteiger partial charge in [-0.25, -0.2) is 5.43 Å². The summed E-state index contributed by atoms with van der Waals surface area (Å²) in [5.74, 6) is 1.54. The summed E-state index contributed by atoms with van der Waals surface area (Å²) in [6, 6.07) is 19.0. The van der Waals surface area contributed by atoms with E-state index in [0.29, 0.717) is 23.6 Å². The summed E-state index contributed by atoms with van der Waals surface area (Å²) in [4.78, 5) is 26.7. The average molecular weight is 498 g/mol. The molecule has 1 saturated heterocycles. The van der Waals surface area contributed by atoms with Gasteiger partial charge < -0.3 is 9.32 Å². The van der Waals surface area contributed by atoms with Crippen LogP contribution in [-0.4, -0.2) is 28.7 Å². The average Bonchev–Trinajstić information content (AvgIpc) is 3.30. The van der Waals surface area contributed by atoms with E-state index in [4.69, 9.17) is 4.42 Å². The Balaban J connectivity index is 1.40. The maximum Gasteiger partial charge on any atom is 0.271 e. The molecule has 1 atom stereocenters. The van der Waals surface area contributed by atoms with Crippen LogP contribution in [-0.2, 0) is 11.3 Å². The molecule has 1 aliphatic rings. The van der Waals surface area contributed by atoms with E-state index in [0.717, 1.165) is 21.4 Å². The van der Waals surface area contributed by atoms with Crippen LogP contribution in [0, 0.1) is 6.92 Å². The van der Waals surface area contributed by atoms with Crippen LogP contribution in [0.5, 0.6) is 0 Å². The van der Waals surface area contributed by atoms with Gasteiger partial charge in [0.15, 0.2) is 0 Å². The van der Waals surface area contributed by atoms with Crippen molar-refractivity contribution in [3.63, 3.8) is 0 Å². The SMILES string of the molecule is Cc1oc(/C=N\NC(=O)c2ccc([C@@H]3SCC(=O)N3Cc3ccccc3)cc2)cc1Br. The van der Waals surface area contributed by atoms with E-state index >= 15 is 0 Å². The molecule has 2 amide bonds. The smallest absolute Gasteiger partial charge is 0.271 e. The van der Waals surface area contributed by atoms with Gasteiger partial charge in [0.2, 0.25) is 5.91 Å². The van der Waals surface area contributed by atoms with E-state index in [1.54, 1.807) is 30.0 Å². The van der Waals surface area contributed by atoms with Gasteiger partial charge in [0.25, 0.3) is 5.91 Å². The second kappa shape index (κ2) is 9.53. The van der Waals surface area contributed by atoms with Crippen molar-refractivity contribution < 1.29 is 14.0 Å². The van der Waals surface area contributed by atoms with Gasteiger partial charge in [0.05, 0.1) is 16.4 Å². The zero-order chi connectivity index (χ0) is 21.8. The normalized spacial score (nSPS) is 16.3. The molecule has 0 saturated carbocycles. The number of amides is 2. The van der Waals surface area contributed by atoms with E-state index in [-0.39, 0.29) is 17.2 Å². The minimum absolute atomic E-state index is 0.0662. The molecule has 0 spiro atoms. The second-order valence-corrected chi connectivity index (χ2v) is 8.97. The lowest BCUT2D eigenvalue weighted by Gasteiger charge is -2.24. The lowest BCUT2D eigenvalue weighted by atomic mass is 10.1. The summed E-state index contributed by atoms with van der Waals surface area (Å²) in [6.45, 7) is 2.40. The van der Waals surface area contributed by atoms with Crippen molar-refractivity contribution in [3.8, 4) is 0 Å². The number of furan rings is 1. The highest BCUT2D eigenvalue weighted by molar-refractivity contribution is 9.10. The molecule has 0 aliphatic carbocycles. The van der Waals surface area contributed by atoms with Crippen LogP contribution in [0.25, 0.3) is 0 Å². The maximum absolute atomic E-state index is 12.4. The highest BCUT2D eigenvalue weighted by Gasteiger charge is 2.32. The third-order valence-corrected chi connectivity index (χ3v) is 6.90. The monoisotopic (exact) mass is 497 g/mol. The van der Waals surface area contributed by atoms with E-state index in [9.17, 15) is 9.59 Å². The molecule has 2 aromatic carbocycles. The van der Waals surface area contributed by atoms with E-state index in [1.807, 2.05) is 54.3 Å². The Hall–Kier alpha value is -2.84. The van der Waals surface area contributed by atoms with Crippen molar-refractivity contribution >= 4 is 45.7 Å². The number of thioether (sulfide) groups is 1. The molecule has 1 aromatic heterocycles. The number of nitrogens with zero attached hydrogens (tertiary/aromatic N) is 2. The molecule has 8 heteroatoms. The zero-order valence-electron chi connectivity index (χ0n) is 16.7. The Morgan fingerprint density at radius 1 is 1.26 bits per heavy atom. The fourth-order valence-electron chi connectivity index (χ4n) is 3.24. The molecule has 0 unspecified atom stereocenters. The number of hydrogen-bond donors (Lipinski definition) is 1. The van der Waals surface area contributed by atoms with Crippen LogP contribution in [0.1, 0.15) is 38.4 Å². The van der Waals surface area contributed by atoms with Crippen LogP contribution in [0.3, 0.4) is 0 Å². The Labute approximate surface area is 192 Å². The van der Waals surface area contributed by atoms with Gasteiger partial charge in [-0.15, -0.1) is 11.8 Å². The van der Waals surface area contributed by atoms with Crippen molar-refractivity contribution in [1.29, 1.82) is 0 Å². The minimum atomic E-state index is -0.318. The van der Waals surface area contributed by atoms with Crippen LogP contribution >= 0.6 is 27.7 Å². The standard InChI is InChI=1S/C23H20BrN3O3S/c1-15-20(24)11-19(30-15)12-25-26-22(29)17-7-9-18(10-8-17)23-27(21(28)14-31-23)13-16-5-3-2-4-6-16/h2-12,23H,13-14H2,1H3,(H,26,29)/b25-12-/t23-/m0/s1. The van der Waals surface area contributed by atoms with E-state index < -0.39 is 0 Å². The molecular weight excluding hydrogens is 478 g/mol. The molecule has 0 radical (unpaired) electrons. The molecule has 3 aromatic rings. The molecule has 0 bridgehead atoms. The Bertz CT molecular complexity index is 1090. The number of nitrogens with one attached hydrogen (secondary N) is 1. The molecule has 1 N–H and O–H groups in total. The predicted molar refractivity (Wildman–Crippen MR) is 125 cm³/mol. The number of hydrazone groups is 1. The van der Waals surface area contributed by atoms with Gasteiger partial charge in [-0.1, -0.05) is 42.5 Å². The van der Waals surface area contributed by atoms with E-state index in [2.05, 4.69) is 26.5 Å². The number of carbonyl (C=O) groups is 2. The Morgan fingerprint density at radius 3 is 2.68 bits per heavy atom. The van der Waals surface area contributed by atoms with Crippen molar-refractivity contribution in [2.24, 2.45) is 5.10 Å². The number of rotatable bonds is 6. The van der Waals surface area contributed by atoms with Crippen LogP contribution in [0.4, 0.5) is 0 Å². The van der Waals surface area contributed by atoms with Gasteiger partial charge in [-0.2, -0.15) is 5.10 Å². The summed E-state index contributed by atoms with van der Waals surface area (Å²) in [5.41, 5.74) is 5.07. The first-order chi connectivity index (χ1) is 15.0. The first kappa shape index (κ1) is 21.4. The largest absolute Gasteiger partial charge is 0.459 e. The fraction of sp³-hybridized carbons (Fsp3) is 0.174. The highest BCUT2D eigenvalue weighted by atomic mass is 79.9. The lowest BCUT2D eigenvalue weighted by molar-refractivity contribution is -0.128. The molecule has 31 heavy (non-hydrogen) atoms. The molecule has 4 rings (SSSR count). The van der Waals surface area contributed by atoms with E-state index in [1.165, 1.54) is 6.21 Å². The Kier molecular flexibility index (Phi) is 6.58. The van der Waals surface area contributed by atoms with Gasteiger partial charge in [0, 0.05) is 18.2 Å². The summed E-state index contributed by atoms with van der Waals surface area (Å²) in [7, 11) is 0. The van der Waals surface area contributed by atoms with Crippen LogP contribution in [0.15, 0.2) is 74.7 Å². The maximum atomic E-state index is 12.4. The van der Waals surface area contributed by atoms with Crippen molar-refractivity contribution in [2.45, 2.75) is 18.8 Å². The molecule has 6 nitrogen and oxygen atoms in total. The number of halogens is 1. The number of hydrogen-bond acceptors (Lipinski definition) is 5. The molecule has 1 fully saturated rings. The van der Waals surface area contributed by atoms with Gasteiger partial charge in [0.1, 0.15) is 16.9 Å². The fourth-order valence-corrected chi connectivity index (χ4v) is 4.74. The van der Waals surface area contributed by atoms with Crippen molar-refractivity contribution in [3.05, 3.63) is 93.3 Å². The second-order valence-electron chi connectivity index (χ2n) is 7.04. The predicted octanol–water partition coefficient (Wildman–Crippen LogP) is 4.89. The topological polar surface area (TPSA) is 74.9 Å². The third kappa shape index (κ3) is 5.08.